The molecule has 0 radical (unpaired) electrons. The van der Waals surface area contributed by atoms with Gasteiger partial charge in [0.05, 0.1) is 18.0 Å². The van der Waals surface area contributed by atoms with Crippen LogP contribution in [-0.4, -0.2) is 38.3 Å². The Balaban J connectivity index is 2.00. The van der Waals surface area contributed by atoms with Crippen molar-refractivity contribution < 1.29 is 4.74 Å². The Hall–Kier alpha value is -1.13. The maximum Gasteiger partial charge on any atom is 0.0749 e. The van der Waals surface area contributed by atoms with Gasteiger partial charge in [-0.3, -0.25) is 4.98 Å². The van der Waals surface area contributed by atoms with Crippen molar-refractivity contribution in [1.29, 1.82) is 0 Å². The molecular formula is C14H23N3O. The third-order valence-corrected chi connectivity index (χ3v) is 3.42. The molecule has 0 amide bonds. The number of nitrogens with zero attached hydrogens (tertiary/aromatic N) is 2. The topological polar surface area (TPSA) is 37.4 Å². The summed E-state index contributed by atoms with van der Waals surface area (Å²) in [5, 5.41) is 3.20. The summed E-state index contributed by atoms with van der Waals surface area (Å²) in [5.74, 6) is 0. The van der Waals surface area contributed by atoms with Crippen molar-refractivity contribution in [1.82, 2.24) is 10.3 Å². The molecule has 1 N–H and O–H groups in total. The first-order valence-corrected chi connectivity index (χ1v) is 6.71. The van der Waals surface area contributed by atoms with Crippen molar-refractivity contribution in [3.05, 3.63) is 24.0 Å². The lowest BCUT2D eigenvalue weighted by Crippen LogP contribution is -2.34. The summed E-state index contributed by atoms with van der Waals surface area (Å²) < 4.78 is 5.79. The second-order valence-electron chi connectivity index (χ2n) is 4.90. The van der Waals surface area contributed by atoms with Gasteiger partial charge in [-0.15, -0.1) is 0 Å². The van der Waals surface area contributed by atoms with Crippen molar-refractivity contribution in [3.8, 4) is 0 Å². The first kappa shape index (κ1) is 13.3. The highest BCUT2D eigenvalue weighted by Crippen LogP contribution is 2.20. The quantitative estimate of drug-likeness (QED) is 0.863. The largest absolute Gasteiger partial charge is 0.376 e. The Labute approximate surface area is 109 Å². The number of pyridine rings is 1. The van der Waals surface area contributed by atoms with Crippen molar-refractivity contribution in [3.63, 3.8) is 0 Å². The number of nitrogens with one attached hydrogen (secondary N) is 1. The number of hydrogen-bond donors (Lipinski definition) is 1. The molecule has 0 aliphatic carbocycles. The molecule has 2 rings (SSSR count). The average Bonchev–Trinajstić information content (AvgIpc) is 2.41. The van der Waals surface area contributed by atoms with Gasteiger partial charge in [-0.25, -0.2) is 0 Å². The van der Waals surface area contributed by atoms with E-state index in [9.17, 15) is 0 Å². The molecule has 1 aliphatic heterocycles. The van der Waals surface area contributed by atoms with Crippen LogP contribution in [-0.2, 0) is 11.3 Å². The number of hydrogen-bond acceptors (Lipinski definition) is 4. The van der Waals surface area contributed by atoms with Gasteiger partial charge in [-0.05, 0) is 37.9 Å². The van der Waals surface area contributed by atoms with Crippen LogP contribution in [0.2, 0.25) is 0 Å². The van der Waals surface area contributed by atoms with Crippen LogP contribution in [0.1, 0.15) is 24.8 Å². The van der Waals surface area contributed by atoms with Gasteiger partial charge in [0, 0.05) is 32.9 Å². The molecule has 0 saturated carbocycles. The van der Waals surface area contributed by atoms with Gasteiger partial charge < -0.3 is 15.0 Å². The Morgan fingerprint density at radius 3 is 3.11 bits per heavy atom. The average molecular weight is 249 g/mol. The highest BCUT2D eigenvalue weighted by atomic mass is 16.5. The van der Waals surface area contributed by atoms with E-state index in [4.69, 9.17) is 4.74 Å². The van der Waals surface area contributed by atoms with Crippen LogP contribution < -0.4 is 10.2 Å². The molecule has 1 saturated heterocycles. The number of ether oxygens (including phenoxy) is 1. The summed E-state index contributed by atoms with van der Waals surface area (Å²) in [6.07, 6.45) is 7.82. The lowest BCUT2D eigenvalue weighted by Gasteiger charge is -2.29. The van der Waals surface area contributed by atoms with Crippen LogP contribution in [0.4, 0.5) is 5.69 Å². The van der Waals surface area contributed by atoms with Crippen molar-refractivity contribution in [2.45, 2.75) is 31.9 Å². The summed E-state index contributed by atoms with van der Waals surface area (Å²) in [6, 6.07) is 2.07. The van der Waals surface area contributed by atoms with Gasteiger partial charge in [-0.1, -0.05) is 0 Å². The van der Waals surface area contributed by atoms with Crippen LogP contribution in [0.25, 0.3) is 0 Å². The van der Waals surface area contributed by atoms with E-state index in [1.54, 1.807) is 0 Å². The molecule has 1 fully saturated rings. The van der Waals surface area contributed by atoms with Crippen LogP contribution in [0, 0.1) is 0 Å². The zero-order valence-corrected chi connectivity index (χ0v) is 11.4. The summed E-state index contributed by atoms with van der Waals surface area (Å²) in [5.41, 5.74) is 2.48. The van der Waals surface area contributed by atoms with E-state index < -0.39 is 0 Å². The van der Waals surface area contributed by atoms with Gasteiger partial charge >= 0.3 is 0 Å². The Morgan fingerprint density at radius 1 is 1.50 bits per heavy atom. The Kier molecular flexibility index (Phi) is 4.96. The van der Waals surface area contributed by atoms with Crippen molar-refractivity contribution in [2.24, 2.45) is 0 Å². The number of anilines is 1. The van der Waals surface area contributed by atoms with Gasteiger partial charge in [0.2, 0.25) is 0 Å². The third-order valence-electron chi connectivity index (χ3n) is 3.42. The SMILES string of the molecule is CNCc1ccncc1N(C)CC1CCCCO1. The second-order valence-corrected chi connectivity index (χ2v) is 4.90. The maximum atomic E-state index is 5.79. The first-order chi connectivity index (χ1) is 8.81. The van der Waals surface area contributed by atoms with Gasteiger partial charge in [0.15, 0.2) is 0 Å². The Bertz CT molecular complexity index is 364. The second kappa shape index (κ2) is 6.71. The van der Waals surface area contributed by atoms with E-state index >= 15 is 0 Å². The molecule has 1 aromatic rings. The zero-order valence-electron chi connectivity index (χ0n) is 11.4. The predicted molar refractivity (Wildman–Crippen MR) is 73.9 cm³/mol. The standard InChI is InChI=1S/C14H23N3O/c1-15-9-12-6-7-16-10-14(12)17(2)11-13-5-3-4-8-18-13/h6-7,10,13,15H,3-5,8-9,11H2,1-2H3. The maximum absolute atomic E-state index is 5.79. The summed E-state index contributed by atoms with van der Waals surface area (Å²) >= 11 is 0. The van der Waals surface area contributed by atoms with E-state index in [0.717, 1.165) is 19.7 Å². The van der Waals surface area contributed by atoms with Gasteiger partial charge in [-0.2, -0.15) is 0 Å². The van der Waals surface area contributed by atoms with Crippen LogP contribution >= 0.6 is 0 Å². The van der Waals surface area contributed by atoms with Crippen LogP contribution in [0.15, 0.2) is 18.5 Å². The predicted octanol–water partition coefficient (Wildman–Crippen LogP) is 1.81. The third kappa shape index (κ3) is 3.43. The lowest BCUT2D eigenvalue weighted by molar-refractivity contribution is 0.0216. The minimum absolute atomic E-state index is 0.367. The minimum Gasteiger partial charge on any atom is -0.376 e. The lowest BCUT2D eigenvalue weighted by atomic mass is 10.1. The fraction of sp³-hybridized carbons (Fsp3) is 0.643. The smallest absolute Gasteiger partial charge is 0.0749 e. The molecule has 18 heavy (non-hydrogen) atoms. The van der Waals surface area contributed by atoms with E-state index in [-0.39, 0.29) is 0 Å². The summed E-state index contributed by atoms with van der Waals surface area (Å²) in [6.45, 7) is 2.73. The molecule has 0 aromatic carbocycles. The molecule has 1 aliphatic rings. The molecule has 100 valence electrons. The van der Waals surface area contributed by atoms with E-state index in [1.807, 2.05) is 19.4 Å². The minimum atomic E-state index is 0.367. The number of likely N-dealkylation sites (N-methyl/N-ethyl adjacent to an activating group) is 1. The fourth-order valence-corrected chi connectivity index (χ4v) is 2.45. The summed E-state index contributed by atoms with van der Waals surface area (Å²) in [4.78, 5) is 6.49. The Morgan fingerprint density at radius 2 is 2.39 bits per heavy atom. The van der Waals surface area contributed by atoms with Gasteiger partial charge in [0.25, 0.3) is 0 Å². The highest BCUT2D eigenvalue weighted by Gasteiger charge is 2.17. The molecule has 1 unspecified atom stereocenters. The fourth-order valence-electron chi connectivity index (χ4n) is 2.45. The highest BCUT2D eigenvalue weighted by molar-refractivity contribution is 5.51. The number of rotatable bonds is 5. The molecule has 1 atom stereocenters. The molecular weight excluding hydrogens is 226 g/mol. The summed E-state index contributed by atoms with van der Waals surface area (Å²) in [7, 11) is 4.09. The van der Waals surface area contributed by atoms with Gasteiger partial charge in [0.1, 0.15) is 0 Å². The molecule has 2 heterocycles. The molecule has 0 spiro atoms. The zero-order chi connectivity index (χ0) is 12.8. The van der Waals surface area contributed by atoms with E-state index in [0.29, 0.717) is 6.10 Å². The van der Waals surface area contributed by atoms with Crippen molar-refractivity contribution >= 4 is 5.69 Å². The molecule has 4 nitrogen and oxygen atoms in total. The molecule has 4 heteroatoms. The van der Waals surface area contributed by atoms with Crippen molar-refractivity contribution in [2.75, 3.05) is 32.1 Å². The number of aromatic nitrogens is 1. The van der Waals surface area contributed by atoms with Crippen LogP contribution in [0.5, 0.6) is 0 Å². The monoisotopic (exact) mass is 249 g/mol. The normalized spacial score (nSPS) is 19.8. The van der Waals surface area contributed by atoms with Crippen LogP contribution in [0.3, 0.4) is 0 Å². The molecule has 0 bridgehead atoms. The first-order valence-electron chi connectivity index (χ1n) is 6.71. The van der Waals surface area contributed by atoms with E-state index in [1.165, 1.54) is 30.5 Å². The van der Waals surface area contributed by atoms with E-state index in [2.05, 4.69) is 28.3 Å². The molecule has 1 aromatic heterocycles.